The van der Waals surface area contributed by atoms with Crippen LogP contribution in [0.15, 0.2) is 23.1 Å². The van der Waals surface area contributed by atoms with Crippen LogP contribution in [-0.4, -0.2) is 46.0 Å². The molecule has 25 heavy (non-hydrogen) atoms. The maximum absolute atomic E-state index is 13.6. The molecule has 1 heterocycles. The fourth-order valence-electron chi connectivity index (χ4n) is 2.93. The van der Waals surface area contributed by atoms with Crippen LogP contribution in [0, 0.1) is 17.6 Å². The summed E-state index contributed by atoms with van der Waals surface area (Å²) in [5.41, 5.74) is 0. The molecule has 1 aromatic carbocycles. The van der Waals surface area contributed by atoms with Gasteiger partial charge in [-0.2, -0.15) is 0 Å². The van der Waals surface area contributed by atoms with Gasteiger partial charge in [0.2, 0.25) is 20.0 Å². The van der Waals surface area contributed by atoms with Gasteiger partial charge >= 0.3 is 0 Å². The molecular weight excluding hydrogens is 374 g/mol. The summed E-state index contributed by atoms with van der Waals surface area (Å²) in [4.78, 5) is -0.721. The molecule has 0 aromatic heterocycles. The van der Waals surface area contributed by atoms with Gasteiger partial charge in [-0.1, -0.05) is 0 Å². The number of nitrogens with zero attached hydrogens (tertiary/aromatic N) is 1. The lowest BCUT2D eigenvalue weighted by Crippen LogP contribution is -2.42. The Morgan fingerprint density at radius 3 is 2.28 bits per heavy atom. The standard InChI is InChI=1S/C15H20F2N2O4S2/c16-12-1-4-14(17)15(9-12)24(20,21)18-10-11-5-7-19(8-6-11)25(22,23)13-2-3-13/h1,4,9,11,13,18H,2-3,5-8,10H2. The molecule has 1 aliphatic heterocycles. The number of hydrogen-bond acceptors (Lipinski definition) is 4. The van der Waals surface area contributed by atoms with E-state index < -0.39 is 36.6 Å². The SMILES string of the molecule is O=S(=O)(NCC1CCN(S(=O)(=O)C2CC2)CC1)c1cc(F)ccc1F. The van der Waals surface area contributed by atoms with E-state index in [1.165, 1.54) is 4.31 Å². The number of nitrogens with one attached hydrogen (secondary N) is 1. The van der Waals surface area contributed by atoms with Crippen LogP contribution in [0.3, 0.4) is 0 Å². The third kappa shape index (κ3) is 4.18. The van der Waals surface area contributed by atoms with Gasteiger partial charge in [-0.3, -0.25) is 0 Å². The van der Waals surface area contributed by atoms with Crippen molar-refractivity contribution in [1.29, 1.82) is 0 Å². The van der Waals surface area contributed by atoms with E-state index >= 15 is 0 Å². The maximum atomic E-state index is 13.6. The van der Waals surface area contributed by atoms with Crippen molar-refractivity contribution in [2.75, 3.05) is 19.6 Å². The topological polar surface area (TPSA) is 83.6 Å². The first kappa shape index (κ1) is 18.7. The summed E-state index contributed by atoms with van der Waals surface area (Å²) in [5.74, 6) is -1.89. The largest absolute Gasteiger partial charge is 0.243 e. The van der Waals surface area contributed by atoms with E-state index in [1.54, 1.807) is 0 Å². The molecule has 0 amide bonds. The Bertz CT molecular complexity index is 846. The second-order valence-electron chi connectivity index (χ2n) is 6.51. The van der Waals surface area contributed by atoms with Gasteiger partial charge in [-0.25, -0.2) is 34.6 Å². The minimum Gasteiger partial charge on any atom is -0.212 e. The van der Waals surface area contributed by atoms with E-state index in [9.17, 15) is 25.6 Å². The zero-order valence-electron chi connectivity index (χ0n) is 13.5. The lowest BCUT2D eigenvalue weighted by molar-refractivity contribution is 0.274. The molecule has 1 aromatic rings. The van der Waals surface area contributed by atoms with Crippen LogP contribution in [0.4, 0.5) is 8.78 Å². The molecule has 3 rings (SSSR count). The molecule has 0 spiro atoms. The average molecular weight is 394 g/mol. The number of piperidine rings is 1. The molecule has 2 fully saturated rings. The molecule has 1 N–H and O–H groups in total. The van der Waals surface area contributed by atoms with Crippen LogP contribution in [0.25, 0.3) is 0 Å². The van der Waals surface area contributed by atoms with Gasteiger partial charge in [0, 0.05) is 19.6 Å². The van der Waals surface area contributed by atoms with Gasteiger partial charge < -0.3 is 0 Å². The normalized spacial score (nSPS) is 20.7. The summed E-state index contributed by atoms with van der Waals surface area (Å²) in [5, 5.41) is -0.251. The lowest BCUT2D eigenvalue weighted by atomic mass is 9.99. The quantitative estimate of drug-likeness (QED) is 0.792. The van der Waals surface area contributed by atoms with Crippen molar-refractivity contribution >= 4 is 20.0 Å². The molecule has 6 nitrogen and oxygen atoms in total. The van der Waals surface area contributed by atoms with Crippen molar-refractivity contribution in [3.05, 3.63) is 29.8 Å². The van der Waals surface area contributed by atoms with Gasteiger partial charge in [0.05, 0.1) is 5.25 Å². The van der Waals surface area contributed by atoms with Gasteiger partial charge in [0.1, 0.15) is 16.5 Å². The Kier molecular flexibility index (Phi) is 5.16. The number of sulfonamides is 2. The summed E-state index contributed by atoms with van der Waals surface area (Å²) in [6.07, 6.45) is 2.47. The van der Waals surface area contributed by atoms with Gasteiger partial charge in [-0.05, 0) is 49.8 Å². The van der Waals surface area contributed by atoms with Crippen LogP contribution in [0.5, 0.6) is 0 Å². The second kappa shape index (κ2) is 6.90. The van der Waals surface area contributed by atoms with Gasteiger partial charge in [0.15, 0.2) is 0 Å². The van der Waals surface area contributed by atoms with E-state index in [4.69, 9.17) is 0 Å². The van der Waals surface area contributed by atoms with E-state index in [0.29, 0.717) is 44.8 Å². The molecule has 10 heteroatoms. The molecule has 1 saturated carbocycles. The van der Waals surface area contributed by atoms with Crippen molar-refractivity contribution in [2.45, 2.75) is 35.8 Å². The van der Waals surface area contributed by atoms with Crippen molar-refractivity contribution in [3.63, 3.8) is 0 Å². The molecule has 0 radical (unpaired) electrons. The highest BCUT2D eigenvalue weighted by Gasteiger charge is 2.41. The molecule has 2 aliphatic rings. The minimum atomic E-state index is -4.16. The zero-order chi connectivity index (χ0) is 18.2. The van der Waals surface area contributed by atoms with Crippen molar-refractivity contribution < 1.29 is 25.6 Å². The smallest absolute Gasteiger partial charge is 0.212 e. The van der Waals surface area contributed by atoms with E-state index in [0.717, 1.165) is 12.1 Å². The third-order valence-electron chi connectivity index (χ3n) is 4.62. The van der Waals surface area contributed by atoms with Crippen LogP contribution in [0.1, 0.15) is 25.7 Å². The van der Waals surface area contributed by atoms with Crippen LogP contribution < -0.4 is 4.72 Å². The van der Waals surface area contributed by atoms with Crippen LogP contribution >= 0.6 is 0 Å². The third-order valence-corrected chi connectivity index (χ3v) is 8.46. The summed E-state index contributed by atoms with van der Waals surface area (Å²) < 4.78 is 79.2. The first-order valence-electron chi connectivity index (χ1n) is 8.14. The average Bonchev–Trinajstić information content (AvgIpc) is 3.41. The van der Waals surface area contributed by atoms with Crippen molar-refractivity contribution in [2.24, 2.45) is 5.92 Å². The number of rotatable bonds is 6. The summed E-state index contributed by atoms with van der Waals surface area (Å²) in [6, 6.07) is 2.26. The molecular formula is C15H20F2N2O4S2. The number of halogens is 2. The minimum absolute atomic E-state index is 0.0444. The highest BCUT2D eigenvalue weighted by Crippen LogP contribution is 2.33. The highest BCUT2D eigenvalue weighted by molar-refractivity contribution is 7.90. The predicted molar refractivity (Wildman–Crippen MR) is 87.8 cm³/mol. The fraction of sp³-hybridized carbons (Fsp3) is 0.600. The first-order chi connectivity index (χ1) is 11.7. The Hall–Kier alpha value is -1.10. The van der Waals surface area contributed by atoms with E-state index in [-0.39, 0.29) is 17.7 Å². The Labute approximate surface area is 146 Å². The molecule has 0 bridgehead atoms. The van der Waals surface area contributed by atoms with Crippen molar-refractivity contribution in [1.82, 2.24) is 9.03 Å². The summed E-state index contributed by atoms with van der Waals surface area (Å²) >= 11 is 0. The molecule has 1 aliphatic carbocycles. The van der Waals surface area contributed by atoms with Crippen molar-refractivity contribution in [3.8, 4) is 0 Å². The van der Waals surface area contributed by atoms with Crippen LogP contribution in [0.2, 0.25) is 0 Å². The molecule has 0 atom stereocenters. The fourth-order valence-corrected chi connectivity index (χ4v) is 6.01. The van der Waals surface area contributed by atoms with Gasteiger partial charge in [0.25, 0.3) is 0 Å². The maximum Gasteiger partial charge on any atom is 0.243 e. The Morgan fingerprint density at radius 1 is 1.04 bits per heavy atom. The number of benzene rings is 1. The molecule has 0 unspecified atom stereocenters. The van der Waals surface area contributed by atoms with Gasteiger partial charge in [-0.15, -0.1) is 0 Å². The predicted octanol–water partition coefficient (Wildman–Crippen LogP) is 1.45. The summed E-state index contributed by atoms with van der Waals surface area (Å²) in [7, 11) is -7.36. The summed E-state index contributed by atoms with van der Waals surface area (Å²) in [6.45, 7) is 0.786. The number of hydrogen-bond donors (Lipinski definition) is 1. The molecule has 140 valence electrons. The van der Waals surface area contributed by atoms with E-state index in [1.807, 2.05) is 0 Å². The first-order valence-corrected chi connectivity index (χ1v) is 11.1. The Morgan fingerprint density at radius 2 is 1.68 bits per heavy atom. The highest BCUT2D eigenvalue weighted by atomic mass is 32.2. The molecule has 1 saturated heterocycles. The van der Waals surface area contributed by atoms with Crippen LogP contribution in [-0.2, 0) is 20.0 Å². The van der Waals surface area contributed by atoms with E-state index in [2.05, 4.69) is 4.72 Å². The monoisotopic (exact) mass is 394 g/mol. The lowest BCUT2D eigenvalue weighted by Gasteiger charge is -2.31. The zero-order valence-corrected chi connectivity index (χ0v) is 15.1. The second-order valence-corrected chi connectivity index (χ2v) is 10.5. The Balaban J connectivity index is 1.57.